The monoisotopic (exact) mass is 618 g/mol. The Morgan fingerprint density at radius 3 is 2.20 bits per heavy atom. The molecule has 5 rings (SSSR count). The molecule has 0 spiro atoms. The Morgan fingerprint density at radius 1 is 1.00 bits per heavy atom. The molecule has 13 heteroatoms. The standard InChI is InChI=1S/C31H35F5N6O2/c1-18-16-42(17-19(2)40(18)4)27-13-25(33)23(20-14-37-29(38-15-20)41-9-7-30(3,44)8-10-41)12-26(27)39-28(43)22-6-5-21(32)11-24(22)31(34,35)36/h5-6,11-15,18-19,44H,7-10,16-17H2,1-4H3,(H,39,43). The number of piperazine rings is 1. The molecule has 3 heterocycles. The molecular weight excluding hydrogens is 583 g/mol. The maximum Gasteiger partial charge on any atom is 0.417 e. The maximum absolute atomic E-state index is 15.8. The highest BCUT2D eigenvalue weighted by Crippen LogP contribution is 2.38. The van der Waals surface area contributed by atoms with E-state index in [9.17, 15) is 27.5 Å². The molecule has 2 aromatic carbocycles. The molecule has 2 saturated heterocycles. The molecule has 2 atom stereocenters. The van der Waals surface area contributed by atoms with E-state index in [1.165, 1.54) is 24.5 Å². The second-order valence-corrected chi connectivity index (χ2v) is 12.0. The summed E-state index contributed by atoms with van der Waals surface area (Å²) in [4.78, 5) is 28.1. The van der Waals surface area contributed by atoms with Gasteiger partial charge in [0, 0.05) is 61.8 Å². The van der Waals surface area contributed by atoms with Crippen molar-refractivity contribution in [3.63, 3.8) is 0 Å². The molecule has 236 valence electrons. The minimum Gasteiger partial charge on any atom is -0.390 e. The SMILES string of the molecule is CC1CN(c2cc(F)c(-c3cnc(N4CCC(C)(O)CC4)nc3)cc2NC(=O)c2ccc(F)cc2C(F)(F)F)CC(C)N1C. The Kier molecular flexibility index (Phi) is 8.56. The van der Waals surface area contributed by atoms with Gasteiger partial charge < -0.3 is 20.2 Å². The predicted octanol–water partition coefficient (Wildman–Crippen LogP) is 5.57. The number of halogens is 5. The lowest BCUT2D eigenvalue weighted by Gasteiger charge is -2.44. The fraction of sp³-hybridized carbons (Fsp3) is 0.452. The number of rotatable bonds is 5. The summed E-state index contributed by atoms with van der Waals surface area (Å²) in [7, 11) is 1.97. The highest BCUT2D eigenvalue weighted by molar-refractivity contribution is 6.07. The van der Waals surface area contributed by atoms with Crippen LogP contribution in [0.5, 0.6) is 0 Å². The summed E-state index contributed by atoms with van der Waals surface area (Å²) in [5.41, 5.74) is -2.18. The van der Waals surface area contributed by atoms with Gasteiger partial charge in [0.25, 0.3) is 5.91 Å². The lowest BCUT2D eigenvalue weighted by atomic mass is 9.94. The summed E-state index contributed by atoms with van der Waals surface area (Å²) in [6.45, 7) is 7.85. The van der Waals surface area contributed by atoms with Gasteiger partial charge >= 0.3 is 6.18 Å². The van der Waals surface area contributed by atoms with Crippen molar-refractivity contribution in [3.8, 4) is 11.1 Å². The van der Waals surface area contributed by atoms with Gasteiger partial charge in [0.15, 0.2) is 0 Å². The zero-order valence-corrected chi connectivity index (χ0v) is 24.9. The number of aliphatic hydroxyl groups is 1. The minimum absolute atomic E-state index is 0.0440. The third-order valence-electron chi connectivity index (χ3n) is 8.64. The van der Waals surface area contributed by atoms with E-state index in [0.717, 1.165) is 12.1 Å². The number of nitrogens with one attached hydrogen (secondary N) is 1. The van der Waals surface area contributed by atoms with Gasteiger partial charge in [-0.15, -0.1) is 0 Å². The third-order valence-corrected chi connectivity index (χ3v) is 8.64. The van der Waals surface area contributed by atoms with Crippen molar-refractivity contribution in [2.45, 2.75) is 57.5 Å². The van der Waals surface area contributed by atoms with Gasteiger partial charge in [0.1, 0.15) is 11.6 Å². The zero-order chi connectivity index (χ0) is 32.0. The number of hydrogen-bond acceptors (Lipinski definition) is 7. The molecule has 0 radical (unpaired) electrons. The van der Waals surface area contributed by atoms with Crippen LogP contribution in [0.3, 0.4) is 0 Å². The topological polar surface area (TPSA) is 84.8 Å². The Bertz CT molecular complexity index is 1510. The van der Waals surface area contributed by atoms with Crippen molar-refractivity contribution >= 4 is 23.2 Å². The number of anilines is 3. The second-order valence-electron chi connectivity index (χ2n) is 12.0. The minimum atomic E-state index is -4.98. The number of piperidine rings is 1. The Hall–Kier alpha value is -3.84. The second kappa shape index (κ2) is 11.9. The van der Waals surface area contributed by atoms with Gasteiger partial charge in [-0.1, -0.05) is 0 Å². The summed E-state index contributed by atoms with van der Waals surface area (Å²) < 4.78 is 70.7. The number of hydrogen-bond donors (Lipinski definition) is 2. The van der Waals surface area contributed by atoms with Crippen LogP contribution < -0.4 is 15.1 Å². The number of carbonyl (C=O) groups excluding carboxylic acids is 1. The maximum atomic E-state index is 15.8. The zero-order valence-electron chi connectivity index (χ0n) is 24.9. The van der Waals surface area contributed by atoms with Gasteiger partial charge in [-0.2, -0.15) is 13.2 Å². The molecule has 8 nitrogen and oxygen atoms in total. The Morgan fingerprint density at radius 2 is 1.61 bits per heavy atom. The van der Waals surface area contributed by atoms with Crippen LogP contribution >= 0.6 is 0 Å². The van der Waals surface area contributed by atoms with Crippen molar-refractivity contribution < 1.29 is 31.9 Å². The van der Waals surface area contributed by atoms with E-state index in [4.69, 9.17) is 0 Å². The van der Waals surface area contributed by atoms with Crippen LogP contribution in [0.25, 0.3) is 11.1 Å². The highest BCUT2D eigenvalue weighted by atomic mass is 19.4. The molecule has 2 aliphatic rings. The lowest BCUT2D eigenvalue weighted by Crippen LogP contribution is -2.55. The van der Waals surface area contributed by atoms with E-state index in [0.29, 0.717) is 56.2 Å². The van der Waals surface area contributed by atoms with Crippen LogP contribution in [0.4, 0.5) is 39.3 Å². The van der Waals surface area contributed by atoms with E-state index in [1.54, 1.807) is 6.92 Å². The van der Waals surface area contributed by atoms with Gasteiger partial charge in [0.05, 0.1) is 28.1 Å². The van der Waals surface area contributed by atoms with Gasteiger partial charge in [-0.25, -0.2) is 18.7 Å². The average Bonchev–Trinajstić information content (AvgIpc) is 2.96. The van der Waals surface area contributed by atoms with E-state index < -0.39 is 40.4 Å². The molecule has 2 N–H and O–H groups in total. The first kappa shape index (κ1) is 31.6. The highest BCUT2D eigenvalue weighted by Gasteiger charge is 2.36. The van der Waals surface area contributed by atoms with Crippen LogP contribution in [0, 0.1) is 11.6 Å². The molecular formula is C31H35F5N6O2. The van der Waals surface area contributed by atoms with Gasteiger partial charge in [-0.05, 0) is 71.0 Å². The van der Waals surface area contributed by atoms with Crippen LogP contribution in [-0.2, 0) is 6.18 Å². The molecule has 1 amide bonds. The number of nitrogens with zero attached hydrogens (tertiary/aromatic N) is 5. The molecule has 0 aliphatic carbocycles. The van der Waals surface area contributed by atoms with E-state index in [1.807, 2.05) is 30.7 Å². The molecule has 44 heavy (non-hydrogen) atoms. The number of amides is 1. The average molecular weight is 619 g/mol. The summed E-state index contributed by atoms with van der Waals surface area (Å²) in [6.07, 6.45) is -0.992. The molecule has 3 aromatic rings. The van der Waals surface area contributed by atoms with E-state index in [-0.39, 0.29) is 29.4 Å². The largest absolute Gasteiger partial charge is 0.417 e. The smallest absolute Gasteiger partial charge is 0.390 e. The first-order valence-corrected chi connectivity index (χ1v) is 14.4. The fourth-order valence-electron chi connectivity index (χ4n) is 5.70. The van der Waals surface area contributed by atoms with Crippen molar-refractivity contribution in [3.05, 3.63) is 65.5 Å². The predicted molar refractivity (Wildman–Crippen MR) is 158 cm³/mol. The number of likely N-dealkylation sites (N-methyl/N-ethyl adjacent to an activating group) is 1. The lowest BCUT2D eigenvalue weighted by molar-refractivity contribution is -0.138. The molecule has 0 bridgehead atoms. The van der Waals surface area contributed by atoms with Crippen LogP contribution in [0.15, 0.2) is 42.7 Å². The normalized spacial score (nSPS) is 21.0. The van der Waals surface area contributed by atoms with Crippen molar-refractivity contribution in [2.24, 2.45) is 0 Å². The van der Waals surface area contributed by atoms with Gasteiger partial charge in [0.2, 0.25) is 5.95 Å². The number of alkyl halides is 3. The Labute approximate surface area is 252 Å². The van der Waals surface area contributed by atoms with Crippen molar-refractivity contribution in [1.29, 1.82) is 0 Å². The number of aromatic nitrogens is 2. The van der Waals surface area contributed by atoms with Gasteiger partial charge in [-0.3, -0.25) is 9.69 Å². The summed E-state index contributed by atoms with van der Waals surface area (Å²) in [5, 5.41) is 12.8. The molecule has 1 aromatic heterocycles. The third kappa shape index (κ3) is 6.63. The number of carbonyl (C=O) groups is 1. The summed E-state index contributed by atoms with van der Waals surface area (Å²) >= 11 is 0. The molecule has 2 aliphatic heterocycles. The fourth-order valence-corrected chi connectivity index (χ4v) is 5.70. The first-order chi connectivity index (χ1) is 20.6. The summed E-state index contributed by atoms with van der Waals surface area (Å²) in [6, 6.07) is 4.60. The quantitative estimate of drug-likeness (QED) is 0.362. The van der Waals surface area contributed by atoms with Crippen LogP contribution in [0.2, 0.25) is 0 Å². The van der Waals surface area contributed by atoms with E-state index in [2.05, 4.69) is 20.2 Å². The van der Waals surface area contributed by atoms with Crippen molar-refractivity contribution in [1.82, 2.24) is 14.9 Å². The Balaban J connectivity index is 1.52. The van der Waals surface area contributed by atoms with Crippen molar-refractivity contribution in [2.75, 3.05) is 48.3 Å². The van der Waals surface area contributed by atoms with E-state index >= 15 is 4.39 Å². The first-order valence-electron chi connectivity index (χ1n) is 14.4. The van der Waals surface area contributed by atoms with Crippen LogP contribution in [0.1, 0.15) is 49.5 Å². The van der Waals surface area contributed by atoms with Crippen LogP contribution in [-0.4, -0.2) is 76.8 Å². The number of benzene rings is 2. The summed E-state index contributed by atoms with van der Waals surface area (Å²) in [5.74, 6) is -2.44. The molecule has 2 unspecified atom stereocenters. The molecule has 0 saturated carbocycles. The molecule has 2 fully saturated rings.